The molecule has 26 heavy (non-hydrogen) atoms. The fourth-order valence-corrected chi connectivity index (χ4v) is 2.86. The van der Waals surface area contributed by atoms with E-state index in [0.29, 0.717) is 6.61 Å². The van der Waals surface area contributed by atoms with Crippen LogP contribution < -0.4 is 0 Å². The number of aliphatic hydroxyl groups excluding tert-OH is 1. The third-order valence-electron chi connectivity index (χ3n) is 3.60. The van der Waals surface area contributed by atoms with Gasteiger partial charge in [-0.25, -0.2) is 0 Å². The normalized spacial score (nSPS) is 23.0. The van der Waals surface area contributed by atoms with E-state index in [2.05, 4.69) is 18.2 Å². The molecule has 2 radical (unpaired) electrons. The van der Waals surface area contributed by atoms with Crippen LogP contribution in [0.15, 0.2) is 41.9 Å². The zero-order valence-electron chi connectivity index (χ0n) is 14.9. The van der Waals surface area contributed by atoms with Crippen molar-refractivity contribution in [3.05, 3.63) is 47.4 Å². The van der Waals surface area contributed by atoms with Gasteiger partial charge in [0.15, 0.2) is 5.76 Å². The number of ether oxygens (including phenoxy) is 3. The van der Waals surface area contributed by atoms with Gasteiger partial charge in [-0.1, -0.05) is 37.2 Å². The molecule has 11 heteroatoms. The van der Waals surface area contributed by atoms with Crippen LogP contribution in [0.5, 0.6) is 0 Å². The van der Waals surface area contributed by atoms with Gasteiger partial charge in [-0.05, 0) is 5.56 Å². The first-order chi connectivity index (χ1) is 12.4. The average molecular weight is 394 g/mol. The quantitative estimate of drug-likeness (QED) is 0.509. The van der Waals surface area contributed by atoms with Gasteiger partial charge in [-0.3, -0.25) is 0 Å². The molecule has 1 aliphatic rings. The van der Waals surface area contributed by atoms with Crippen LogP contribution in [0.3, 0.4) is 0 Å². The first-order valence-electron chi connectivity index (χ1n) is 8.24. The maximum absolute atomic E-state index is 10.4. The lowest BCUT2D eigenvalue weighted by Crippen LogP contribution is -2.48. The maximum atomic E-state index is 10.4. The van der Waals surface area contributed by atoms with Crippen LogP contribution in [-0.4, -0.2) is 58.2 Å². The van der Waals surface area contributed by atoms with Crippen molar-refractivity contribution in [2.24, 2.45) is 0 Å². The summed E-state index contributed by atoms with van der Waals surface area (Å²) in [5, 5.41) is 10.4. The van der Waals surface area contributed by atoms with Crippen molar-refractivity contribution < 1.29 is 28.6 Å². The lowest BCUT2D eigenvalue weighted by molar-refractivity contribution is -0.201. The summed E-state index contributed by atoms with van der Waals surface area (Å²) in [6.07, 6.45) is -2.20. The van der Waals surface area contributed by atoms with E-state index in [-0.39, 0.29) is 24.8 Å². The molecule has 1 aromatic rings. The topological polar surface area (TPSA) is 66.4 Å². The molecular weight excluding hydrogens is 371 g/mol. The van der Waals surface area contributed by atoms with Gasteiger partial charge in [0.05, 0.1) is 21.0 Å². The minimum absolute atomic E-state index is 0.188. The second-order valence-corrected chi connectivity index (χ2v) is 7.43. The summed E-state index contributed by atoms with van der Waals surface area (Å²) in [5.74, 6) is -0.00595. The highest BCUT2D eigenvalue weighted by atomic mass is 31.0. The Morgan fingerprint density at radius 1 is 1.27 bits per heavy atom. The summed E-state index contributed by atoms with van der Waals surface area (Å²) in [6.45, 7) is 1.59. The van der Waals surface area contributed by atoms with E-state index in [4.69, 9.17) is 31.3 Å². The maximum Gasteiger partial charge on any atom is 0.318 e. The van der Waals surface area contributed by atoms with Gasteiger partial charge in [0.25, 0.3) is 0 Å². The minimum Gasteiger partial charge on any atom is -0.565 e. The number of rotatable bonds is 9. The lowest BCUT2D eigenvalue weighted by Gasteiger charge is -2.38. The Morgan fingerprint density at radius 2 is 1.96 bits per heavy atom. The summed E-state index contributed by atoms with van der Waals surface area (Å²) in [7, 11) is 12.0. The number of hydrogen-bond acceptors (Lipinski definition) is 6. The predicted octanol–water partition coefficient (Wildman–Crippen LogP) is 1.77. The zero-order chi connectivity index (χ0) is 19.1. The fraction of sp³-hybridized carbons (Fsp3) is 0.467. The Balaban J connectivity index is 2.13. The molecule has 0 bridgehead atoms. The molecule has 2 rings (SSSR count). The Bertz CT molecular complexity index is 590. The first-order valence-corrected chi connectivity index (χ1v) is 9.57. The SMILES string of the molecule is [B]B(P)OC1=C(O)[C@H](OC)OC(COCc2ccccc2)[C@@H]1OB(C)P. The smallest absolute Gasteiger partial charge is 0.318 e. The number of aliphatic hydroxyl groups is 1. The molecule has 3 unspecified atom stereocenters. The van der Waals surface area contributed by atoms with Crippen molar-refractivity contribution in [2.45, 2.75) is 31.9 Å². The van der Waals surface area contributed by atoms with Gasteiger partial charge >= 0.3 is 13.2 Å². The van der Waals surface area contributed by atoms with Crippen molar-refractivity contribution in [2.75, 3.05) is 13.7 Å². The van der Waals surface area contributed by atoms with Gasteiger partial charge in [0.1, 0.15) is 18.0 Å². The van der Waals surface area contributed by atoms with E-state index in [9.17, 15) is 5.11 Å². The Morgan fingerprint density at radius 3 is 2.54 bits per heavy atom. The Labute approximate surface area is 161 Å². The second kappa shape index (κ2) is 10.7. The summed E-state index contributed by atoms with van der Waals surface area (Å²) in [5.41, 5.74) is 1.05. The Kier molecular flexibility index (Phi) is 8.95. The minimum atomic E-state index is -0.973. The fourth-order valence-electron chi connectivity index (χ4n) is 2.54. The zero-order valence-corrected chi connectivity index (χ0v) is 17.2. The van der Waals surface area contributed by atoms with Crippen LogP contribution in [0.4, 0.5) is 0 Å². The van der Waals surface area contributed by atoms with Crippen molar-refractivity contribution in [1.29, 1.82) is 0 Å². The second-order valence-electron chi connectivity index (χ2n) is 5.84. The van der Waals surface area contributed by atoms with Gasteiger partial charge in [0, 0.05) is 7.11 Å². The summed E-state index contributed by atoms with van der Waals surface area (Å²) >= 11 is 0. The molecule has 0 aromatic heterocycles. The predicted molar refractivity (Wildman–Crippen MR) is 110 cm³/mol. The highest BCUT2D eigenvalue weighted by Gasteiger charge is 2.41. The van der Waals surface area contributed by atoms with E-state index in [1.807, 2.05) is 37.2 Å². The molecule has 0 saturated carbocycles. The van der Waals surface area contributed by atoms with Gasteiger partial charge in [0.2, 0.25) is 6.29 Å². The molecule has 5 atom stereocenters. The Hall–Kier alpha value is -0.545. The molecule has 0 amide bonds. The summed E-state index contributed by atoms with van der Waals surface area (Å²) in [4.78, 5) is 0. The van der Waals surface area contributed by atoms with Crippen molar-refractivity contribution in [3.63, 3.8) is 0 Å². The van der Waals surface area contributed by atoms with E-state index >= 15 is 0 Å². The molecule has 1 aromatic carbocycles. The molecule has 6 nitrogen and oxygen atoms in total. The average Bonchev–Trinajstić information content (AvgIpc) is 2.60. The van der Waals surface area contributed by atoms with Crippen LogP contribution in [-0.2, 0) is 30.1 Å². The molecule has 1 heterocycles. The van der Waals surface area contributed by atoms with E-state index < -0.39 is 25.0 Å². The van der Waals surface area contributed by atoms with E-state index in [0.717, 1.165) is 5.56 Å². The largest absolute Gasteiger partial charge is 0.565 e. The molecule has 0 fully saturated rings. The van der Waals surface area contributed by atoms with Crippen LogP contribution in [0.25, 0.3) is 0 Å². The van der Waals surface area contributed by atoms with Gasteiger partial charge in [-0.15, -0.1) is 18.2 Å². The molecular formula is C15H23B3O6P2. The van der Waals surface area contributed by atoms with Crippen LogP contribution in [0.1, 0.15) is 5.56 Å². The molecule has 0 spiro atoms. The lowest BCUT2D eigenvalue weighted by atomic mass is 9.69. The monoisotopic (exact) mass is 394 g/mol. The van der Waals surface area contributed by atoms with Crippen molar-refractivity contribution in [3.8, 4) is 0 Å². The van der Waals surface area contributed by atoms with Gasteiger partial charge < -0.3 is 28.6 Å². The van der Waals surface area contributed by atoms with Gasteiger partial charge in [-0.2, -0.15) is 0 Å². The summed E-state index contributed by atoms with van der Waals surface area (Å²) in [6, 6.07) is 9.81. The molecule has 138 valence electrons. The first kappa shape index (κ1) is 21.8. The number of benzene rings is 1. The third-order valence-corrected chi connectivity index (χ3v) is 3.90. The van der Waals surface area contributed by atoms with E-state index in [1.165, 1.54) is 7.11 Å². The van der Waals surface area contributed by atoms with E-state index in [1.54, 1.807) is 0 Å². The molecule has 0 saturated heterocycles. The molecule has 1 N–H and O–H groups in total. The van der Waals surface area contributed by atoms with Crippen molar-refractivity contribution in [1.82, 2.24) is 0 Å². The molecule has 0 aliphatic carbocycles. The highest BCUT2D eigenvalue weighted by molar-refractivity contribution is 7.70. The standard InChI is InChI=1S/C15H23B3O6P2/c1-17(25)23-13-11(9-21-8-10-6-4-3-5-7-10)22-15(20-2)12(19)14(13)24-18(16)26/h3-7,11,13,15,19H,8-9,25-26H2,1-2H3/t11?,13-,15+/m0/s1. The highest BCUT2D eigenvalue weighted by Crippen LogP contribution is 2.30. The summed E-state index contributed by atoms with van der Waals surface area (Å²) < 4.78 is 28.2. The number of methoxy groups -OCH3 is 1. The number of hydrogen-bond donors (Lipinski definition) is 1. The van der Waals surface area contributed by atoms with Crippen molar-refractivity contribution >= 4 is 39.1 Å². The molecule has 1 aliphatic heterocycles. The van der Waals surface area contributed by atoms with Crippen LogP contribution in [0.2, 0.25) is 6.82 Å². The third kappa shape index (κ3) is 6.26. The van der Waals surface area contributed by atoms with Crippen LogP contribution in [0, 0.1) is 0 Å². The van der Waals surface area contributed by atoms with Crippen LogP contribution >= 0.6 is 18.2 Å².